The second-order valence-corrected chi connectivity index (χ2v) is 8.56. The topological polar surface area (TPSA) is 76.0 Å². The SMILES string of the molecule is C=CC(=O)N[C@H]1CCCC(n2c(NC(=O)c3cccc(C(F)(F)F)c3)nc3cc(C)ccc32)C1. The molecule has 1 heterocycles. The van der Waals surface area contributed by atoms with Crippen LogP contribution in [-0.4, -0.2) is 27.4 Å². The van der Waals surface area contributed by atoms with Crippen molar-refractivity contribution in [2.75, 3.05) is 5.32 Å². The van der Waals surface area contributed by atoms with Crippen molar-refractivity contribution in [3.63, 3.8) is 0 Å². The van der Waals surface area contributed by atoms with Gasteiger partial charge in [0.05, 0.1) is 16.6 Å². The van der Waals surface area contributed by atoms with Gasteiger partial charge in [-0.25, -0.2) is 4.98 Å². The van der Waals surface area contributed by atoms with Crippen LogP contribution in [0.15, 0.2) is 55.1 Å². The van der Waals surface area contributed by atoms with E-state index in [-0.39, 0.29) is 29.5 Å². The number of benzene rings is 2. The zero-order chi connectivity index (χ0) is 24.5. The highest BCUT2D eigenvalue weighted by atomic mass is 19.4. The monoisotopic (exact) mass is 470 g/mol. The lowest BCUT2D eigenvalue weighted by atomic mass is 9.90. The van der Waals surface area contributed by atoms with Crippen LogP contribution in [-0.2, 0) is 11.0 Å². The first-order valence-corrected chi connectivity index (χ1v) is 11.1. The first kappa shape index (κ1) is 23.5. The van der Waals surface area contributed by atoms with Crippen molar-refractivity contribution >= 4 is 28.8 Å². The molecule has 1 unspecified atom stereocenters. The predicted octanol–water partition coefficient (Wildman–Crippen LogP) is 5.40. The van der Waals surface area contributed by atoms with E-state index in [0.29, 0.717) is 11.9 Å². The van der Waals surface area contributed by atoms with Gasteiger partial charge < -0.3 is 9.88 Å². The third-order valence-corrected chi connectivity index (χ3v) is 6.07. The van der Waals surface area contributed by atoms with Crippen molar-refractivity contribution in [1.29, 1.82) is 0 Å². The molecular weight excluding hydrogens is 445 g/mol. The number of amides is 2. The summed E-state index contributed by atoms with van der Waals surface area (Å²) in [5, 5.41) is 5.66. The highest BCUT2D eigenvalue weighted by Gasteiger charge is 2.31. The fourth-order valence-corrected chi connectivity index (χ4v) is 4.47. The minimum absolute atomic E-state index is 0.0563. The average Bonchev–Trinajstić information content (AvgIpc) is 3.15. The van der Waals surface area contributed by atoms with E-state index in [1.54, 1.807) is 0 Å². The number of fused-ring (bicyclic) bond motifs is 1. The smallest absolute Gasteiger partial charge is 0.350 e. The predicted molar refractivity (Wildman–Crippen MR) is 123 cm³/mol. The maximum atomic E-state index is 13.1. The van der Waals surface area contributed by atoms with Gasteiger partial charge in [0.1, 0.15) is 0 Å². The van der Waals surface area contributed by atoms with E-state index in [1.165, 1.54) is 18.2 Å². The van der Waals surface area contributed by atoms with Crippen molar-refractivity contribution in [1.82, 2.24) is 14.9 Å². The molecule has 2 atom stereocenters. The molecule has 1 saturated carbocycles. The number of imidazole rings is 1. The Labute approximate surface area is 194 Å². The zero-order valence-corrected chi connectivity index (χ0v) is 18.7. The van der Waals surface area contributed by atoms with Gasteiger partial charge >= 0.3 is 6.18 Å². The number of hydrogen-bond acceptors (Lipinski definition) is 3. The summed E-state index contributed by atoms with van der Waals surface area (Å²) in [5.74, 6) is -0.648. The molecule has 0 radical (unpaired) electrons. The third kappa shape index (κ3) is 4.98. The molecule has 1 aliphatic rings. The largest absolute Gasteiger partial charge is 0.416 e. The lowest BCUT2D eigenvalue weighted by Gasteiger charge is -2.31. The van der Waals surface area contributed by atoms with Gasteiger partial charge in [0, 0.05) is 17.6 Å². The van der Waals surface area contributed by atoms with Crippen LogP contribution >= 0.6 is 0 Å². The lowest BCUT2D eigenvalue weighted by Crippen LogP contribution is -2.38. The number of nitrogens with one attached hydrogen (secondary N) is 2. The van der Waals surface area contributed by atoms with Gasteiger partial charge in [0.25, 0.3) is 5.91 Å². The normalized spacial score (nSPS) is 18.5. The Balaban J connectivity index is 1.68. The molecule has 0 spiro atoms. The van der Waals surface area contributed by atoms with Crippen molar-refractivity contribution in [3.05, 3.63) is 71.8 Å². The Bertz CT molecular complexity index is 1250. The standard InChI is InChI=1S/C25H25F3N4O2/c1-3-22(33)29-18-8-5-9-19(14-18)32-21-11-10-15(2)12-20(21)30-24(32)31-23(34)16-6-4-7-17(13-16)25(26,27)28/h3-4,6-7,10-13,18-19H,1,5,8-9,14H2,2H3,(H,29,33)(H,30,31,34)/t18-,19?/m0/s1. The summed E-state index contributed by atoms with van der Waals surface area (Å²) in [6.07, 6.45) is -0.182. The van der Waals surface area contributed by atoms with Gasteiger partial charge in [-0.2, -0.15) is 13.2 Å². The number of anilines is 1. The van der Waals surface area contributed by atoms with Gasteiger partial charge in [0.15, 0.2) is 0 Å². The maximum absolute atomic E-state index is 13.1. The zero-order valence-electron chi connectivity index (χ0n) is 18.7. The molecule has 1 aromatic heterocycles. The molecule has 2 aromatic carbocycles. The molecule has 1 fully saturated rings. The van der Waals surface area contributed by atoms with Crippen molar-refractivity contribution in [2.24, 2.45) is 0 Å². The van der Waals surface area contributed by atoms with Gasteiger partial charge in [-0.1, -0.05) is 18.7 Å². The highest BCUT2D eigenvalue weighted by molar-refractivity contribution is 6.04. The van der Waals surface area contributed by atoms with Crippen molar-refractivity contribution < 1.29 is 22.8 Å². The minimum atomic E-state index is -4.55. The van der Waals surface area contributed by atoms with E-state index >= 15 is 0 Å². The third-order valence-electron chi connectivity index (χ3n) is 6.07. The summed E-state index contributed by atoms with van der Waals surface area (Å²) in [6.45, 7) is 5.43. The Morgan fingerprint density at radius 3 is 2.71 bits per heavy atom. The molecule has 1 aliphatic carbocycles. The summed E-state index contributed by atoms with van der Waals surface area (Å²) in [6, 6.07) is 9.94. The summed E-state index contributed by atoms with van der Waals surface area (Å²) in [5.41, 5.74) is 1.48. The number of carbonyl (C=O) groups excluding carboxylic acids is 2. The van der Waals surface area contributed by atoms with Gasteiger partial charge in [0.2, 0.25) is 11.9 Å². The number of nitrogens with zero attached hydrogens (tertiary/aromatic N) is 2. The molecule has 34 heavy (non-hydrogen) atoms. The summed E-state index contributed by atoms with van der Waals surface area (Å²) < 4.78 is 41.3. The highest BCUT2D eigenvalue weighted by Crippen LogP contribution is 2.35. The van der Waals surface area contributed by atoms with E-state index in [1.807, 2.05) is 29.7 Å². The molecule has 0 aliphatic heterocycles. The second-order valence-electron chi connectivity index (χ2n) is 8.56. The van der Waals surface area contributed by atoms with E-state index < -0.39 is 17.6 Å². The van der Waals surface area contributed by atoms with Crippen LogP contribution in [0.2, 0.25) is 0 Å². The number of halogens is 3. The Morgan fingerprint density at radius 2 is 1.97 bits per heavy atom. The van der Waals surface area contributed by atoms with Crippen LogP contribution in [0.25, 0.3) is 11.0 Å². The first-order chi connectivity index (χ1) is 16.2. The van der Waals surface area contributed by atoms with E-state index in [4.69, 9.17) is 0 Å². The van der Waals surface area contributed by atoms with E-state index in [0.717, 1.165) is 42.5 Å². The Hall–Kier alpha value is -3.62. The second kappa shape index (κ2) is 9.32. The van der Waals surface area contributed by atoms with Crippen LogP contribution < -0.4 is 10.6 Å². The molecule has 0 bridgehead atoms. The first-order valence-electron chi connectivity index (χ1n) is 11.1. The molecule has 2 N–H and O–H groups in total. The molecule has 0 saturated heterocycles. The molecule has 6 nitrogen and oxygen atoms in total. The minimum Gasteiger partial charge on any atom is -0.350 e. The van der Waals surface area contributed by atoms with Crippen LogP contribution in [0, 0.1) is 6.92 Å². The number of aryl methyl sites for hydroxylation is 1. The van der Waals surface area contributed by atoms with Crippen LogP contribution in [0.3, 0.4) is 0 Å². The molecular formula is C25H25F3N4O2. The fraction of sp³-hybridized carbons (Fsp3) is 0.320. The quantitative estimate of drug-likeness (QED) is 0.490. The number of alkyl halides is 3. The summed E-state index contributed by atoms with van der Waals surface area (Å²) in [4.78, 5) is 29.3. The molecule has 9 heteroatoms. The van der Waals surface area contributed by atoms with Crippen molar-refractivity contribution in [3.8, 4) is 0 Å². The van der Waals surface area contributed by atoms with Gasteiger partial charge in [-0.3, -0.25) is 14.9 Å². The van der Waals surface area contributed by atoms with Crippen molar-refractivity contribution in [2.45, 2.75) is 50.9 Å². The maximum Gasteiger partial charge on any atom is 0.416 e. The number of carbonyl (C=O) groups is 2. The van der Waals surface area contributed by atoms with Crippen LogP contribution in [0.5, 0.6) is 0 Å². The van der Waals surface area contributed by atoms with Crippen LogP contribution in [0.1, 0.15) is 53.2 Å². The van der Waals surface area contributed by atoms with E-state index in [2.05, 4.69) is 22.2 Å². The summed E-state index contributed by atoms with van der Waals surface area (Å²) >= 11 is 0. The Kier molecular flexibility index (Phi) is 6.45. The number of aromatic nitrogens is 2. The molecule has 178 valence electrons. The lowest BCUT2D eigenvalue weighted by molar-refractivity contribution is -0.137. The molecule has 4 rings (SSSR count). The van der Waals surface area contributed by atoms with Gasteiger partial charge in [-0.15, -0.1) is 0 Å². The number of hydrogen-bond donors (Lipinski definition) is 2. The molecule has 3 aromatic rings. The Morgan fingerprint density at radius 1 is 1.18 bits per heavy atom. The molecule has 2 amide bonds. The summed E-state index contributed by atoms with van der Waals surface area (Å²) in [7, 11) is 0. The number of rotatable bonds is 5. The van der Waals surface area contributed by atoms with Crippen LogP contribution in [0.4, 0.5) is 19.1 Å². The fourth-order valence-electron chi connectivity index (χ4n) is 4.47. The van der Waals surface area contributed by atoms with E-state index in [9.17, 15) is 22.8 Å². The average molecular weight is 470 g/mol. The van der Waals surface area contributed by atoms with Gasteiger partial charge in [-0.05, 0) is 74.6 Å².